The van der Waals surface area contributed by atoms with E-state index in [1.165, 1.54) is 12.3 Å². The topological polar surface area (TPSA) is 73.7 Å². The zero-order valence-corrected chi connectivity index (χ0v) is 17.1. The molecule has 6 heteroatoms. The summed E-state index contributed by atoms with van der Waals surface area (Å²) in [5, 5.41) is 21.2. The predicted molar refractivity (Wildman–Crippen MR) is 116 cm³/mol. The highest BCUT2D eigenvalue weighted by Gasteiger charge is 2.48. The minimum Gasteiger partial charge on any atom is -0.396 e. The van der Waals surface area contributed by atoms with Crippen LogP contribution >= 0.6 is 0 Å². The summed E-state index contributed by atoms with van der Waals surface area (Å²) in [5.74, 6) is 0.300. The van der Waals surface area contributed by atoms with Crippen molar-refractivity contribution in [3.05, 3.63) is 66.2 Å². The minimum absolute atomic E-state index is 0.0390. The molecule has 2 aromatic carbocycles. The van der Waals surface area contributed by atoms with E-state index in [2.05, 4.69) is 4.98 Å². The maximum absolute atomic E-state index is 13.7. The summed E-state index contributed by atoms with van der Waals surface area (Å²) >= 11 is 0. The van der Waals surface area contributed by atoms with Crippen LogP contribution in [0.1, 0.15) is 16.8 Å². The van der Waals surface area contributed by atoms with Crippen LogP contribution in [0.15, 0.2) is 54.9 Å². The van der Waals surface area contributed by atoms with Crippen LogP contribution in [0, 0.1) is 29.5 Å². The number of halogens is 1. The van der Waals surface area contributed by atoms with Crippen LogP contribution in [0.2, 0.25) is 0 Å². The van der Waals surface area contributed by atoms with E-state index in [1.54, 1.807) is 6.20 Å². The Labute approximate surface area is 180 Å². The zero-order chi connectivity index (χ0) is 21.5. The molecule has 1 saturated heterocycles. The lowest BCUT2D eigenvalue weighted by molar-refractivity contribution is 0.0760. The van der Waals surface area contributed by atoms with Crippen LogP contribution in [0.3, 0.4) is 0 Å². The van der Waals surface area contributed by atoms with Crippen molar-refractivity contribution in [1.82, 2.24) is 9.88 Å². The normalized spacial score (nSPS) is 25.2. The molecule has 31 heavy (non-hydrogen) atoms. The molecule has 1 saturated carbocycles. The van der Waals surface area contributed by atoms with Gasteiger partial charge in [-0.05, 0) is 58.6 Å². The van der Waals surface area contributed by atoms with Crippen LogP contribution < -0.4 is 0 Å². The number of carbonyl (C=O) groups is 1. The summed E-state index contributed by atoms with van der Waals surface area (Å²) < 4.78 is 13.7. The molecule has 4 atom stereocenters. The van der Waals surface area contributed by atoms with Gasteiger partial charge in [-0.15, -0.1) is 0 Å². The first-order valence-corrected chi connectivity index (χ1v) is 10.7. The maximum Gasteiger partial charge on any atom is 0.254 e. The average molecular weight is 420 g/mol. The third-order valence-corrected chi connectivity index (χ3v) is 7.15. The fraction of sp³-hybridized carbons (Fsp3) is 0.360. The van der Waals surface area contributed by atoms with E-state index in [0.29, 0.717) is 24.2 Å². The van der Waals surface area contributed by atoms with E-state index < -0.39 is 5.82 Å². The number of amides is 1. The number of aromatic nitrogens is 1. The third-order valence-electron chi connectivity index (χ3n) is 7.15. The van der Waals surface area contributed by atoms with Crippen molar-refractivity contribution in [2.75, 3.05) is 26.3 Å². The third kappa shape index (κ3) is 3.40. The molecule has 0 unspecified atom stereocenters. The molecule has 160 valence electrons. The van der Waals surface area contributed by atoms with E-state index in [9.17, 15) is 19.4 Å². The number of pyridine rings is 1. The van der Waals surface area contributed by atoms with Crippen molar-refractivity contribution in [3.63, 3.8) is 0 Å². The summed E-state index contributed by atoms with van der Waals surface area (Å²) in [5.41, 5.74) is 2.12. The molecule has 5 nitrogen and oxygen atoms in total. The first kappa shape index (κ1) is 20.1. The molecular formula is C25H25FN2O3. The number of carbonyl (C=O) groups excluding carboxylic acids is 1. The Morgan fingerprint density at radius 1 is 1.00 bits per heavy atom. The fourth-order valence-corrected chi connectivity index (χ4v) is 5.65. The van der Waals surface area contributed by atoms with E-state index in [1.807, 2.05) is 41.3 Å². The predicted octanol–water partition coefficient (Wildman–Crippen LogP) is 3.35. The second-order valence-electron chi connectivity index (χ2n) is 8.76. The highest BCUT2D eigenvalue weighted by Crippen LogP contribution is 2.46. The molecule has 0 bridgehead atoms. The van der Waals surface area contributed by atoms with Crippen molar-refractivity contribution in [1.29, 1.82) is 0 Å². The number of aliphatic hydroxyl groups is 2. The van der Waals surface area contributed by atoms with Crippen LogP contribution in [0.5, 0.6) is 0 Å². The molecule has 5 rings (SSSR count). The van der Waals surface area contributed by atoms with E-state index >= 15 is 0 Å². The Balaban J connectivity index is 1.50. The lowest BCUT2D eigenvalue weighted by Crippen LogP contribution is -2.31. The number of nitrogens with zero attached hydrogens (tertiary/aromatic N) is 2. The van der Waals surface area contributed by atoms with Gasteiger partial charge in [0.2, 0.25) is 0 Å². The van der Waals surface area contributed by atoms with Gasteiger partial charge in [0.1, 0.15) is 5.82 Å². The first-order chi connectivity index (χ1) is 15.1. The molecule has 1 aliphatic heterocycles. The van der Waals surface area contributed by atoms with Crippen LogP contribution in [-0.4, -0.2) is 52.3 Å². The summed E-state index contributed by atoms with van der Waals surface area (Å²) in [4.78, 5) is 19.3. The van der Waals surface area contributed by atoms with Gasteiger partial charge in [-0.25, -0.2) is 4.39 Å². The first-order valence-electron chi connectivity index (χ1n) is 10.7. The number of rotatable bonds is 4. The minimum atomic E-state index is -0.401. The van der Waals surface area contributed by atoms with Gasteiger partial charge in [-0.3, -0.25) is 9.78 Å². The second kappa shape index (κ2) is 8.02. The van der Waals surface area contributed by atoms with Crippen molar-refractivity contribution in [3.8, 4) is 11.1 Å². The number of fused-ring (bicyclic) bond motifs is 2. The molecular weight excluding hydrogens is 395 g/mol. The largest absolute Gasteiger partial charge is 0.396 e. The number of hydrogen-bond donors (Lipinski definition) is 2. The SMILES string of the molecule is O=C(c1cccc2c(-c3cncc(F)c3)cccc12)N1C[C@@H]2[C@H](CO)C[C@H](CO)[C@@H]2C1. The molecule has 2 fully saturated rings. The number of benzene rings is 2. The molecule has 1 amide bonds. The Bertz CT molecular complexity index is 1120. The molecule has 0 spiro atoms. The molecule has 3 aromatic rings. The van der Waals surface area contributed by atoms with E-state index in [0.717, 1.165) is 22.8 Å². The van der Waals surface area contributed by atoms with Crippen molar-refractivity contribution in [2.45, 2.75) is 6.42 Å². The number of likely N-dealkylation sites (tertiary alicyclic amines) is 1. The van der Waals surface area contributed by atoms with Gasteiger partial charge in [0.15, 0.2) is 0 Å². The standard InChI is InChI=1S/C25H25FN2O3/c26-18-8-15(9-27-10-18)19-3-1-5-21-20(19)4-2-6-22(21)25(31)28-11-23-16(13-29)7-17(14-30)24(23)12-28/h1-6,8-10,16-17,23-24,29-30H,7,11-14H2/t16-,17+,23+,24-. The van der Waals surface area contributed by atoms with Gasteiger partial charge in [0, 0.05) is 43.6 Å². The molecule has 2 heterocycles. The lowest BCUT2D eigenvalue weighted by atomic mass is 9.91. The monoisotopic (exact) mass is 420 g/mol. The summed E-state index contributed by atoms with van der Waals surface area (Å²) in [6.45, 7) is 1.40. The number of hydrogen-bond acceptors (Lipinski definition) is 4. The maximum atomic E-state index is 13.7. The highest BCUT2D eigenvalue weighted by atomic mass is 19.1. The Hall–Kier alpha value is -2.83. The van der Waals surface area contributed by atoms with Crippen LogP contribution in [0.25, 0.3) is 21.9 Å². The summed E-state index contributed by atoms with van der Waals surface area (Å²) in [6, 6.07) is 12.8. The van der Waals surface area contributed by atoms with E-state index in [-0.39, 0.29) is 42.8 Å². The average Bonchev–Trinajstić information content (AvgIpc) is 3.37. The molecule has 1 aromatic heterocycles. The van der Waals surface area contributed by atoms with Crippen LogP contribution in [-0.2, 0) is 0 Å². The smallest absolute Gasteiger partial charge is 0.254 e. The van der Waals surface area contributed by atoms with Gasteiger partial charge in [0.25, 0.3) is 5.91 Å². The quantitative estimate of drug-likeness (QED) is 0.679. The molecule has 2 aliphatic rings. The summed E-state index contributed by atoms with van der Waals surface area (Å²) in [6.07, 6.45) is 3.62. The lowest BCUT2D eigenvalue weighted by Gasteiger charge is -2.22. The van der Waals surface area contributed by atoms with Crippen molar-refractivity contribution in [2.24, 2.45) is 23.7 Å². The van der Waals surface area contributed by atoms with Crippen molar-refractivity contribution < 1.29 is 19.4 Å². The highest BCUT2D eigenvalue weighted by molar-refractivity contribution is 6.10. The number of aliphatic hydroxyl groups excluding tert-OH is 2. The van der Waals surface area contributed by atoms with Crippen LogP contribution in [0.4, 0.5) is 4.39 Å². The molecule has 2 N–H and O–H groups in total. The van der Waals surface area contributed by atoms with Gasteiger partial charge < -0.3 is 15.1 Å². The van der Waals surface area contributed by atoms with Gasteiger partial charge >= 0.3 is 0 Å². The van der Waals surface area contributed by atoms with Gasteiger partial charge in [-0.2, -0.15) is 0 Å². The Morgan fingerprint density at radius 3 is 2.35 bits per heavy atom. The molecule has 0 radical (unpaired) electrons. The molecule has 1 aliphatic carbocycles. The fourth-order valence-electron chi connectivity index (χ4n) is 5.65. The van der Waals surface area contributed by atoms with Gasteiger partial charge in [0.05, 0.1) is 6.20 Å². The van der Waals surface area contributed by atoms with E-state index in [4.69, 9.17) is 0 Å². The summed E-state index contributed by atoms with van der Waals surface area (Å²) in [7, 11) is 0. The Kier molecular flexibility index (Phi) is 5.20. The van der Waals surface area contributed by atoms with Gasteiger partial charge in [-0.1, -0.05) is 30.3 Å². The Morgan fingerprint density at radius 2 is 1.68 bits per heavy atom. The van der Waals surface area contributed by atoms with Crippen molar-refractivity contribution >= 4 is 16.7 Å². The zero-order valence-electron chi connectivity index (χ0n) is 17.1. The second-order valence-corrected chi connectivity index (χ2v) is 8.76.